The molecule has 0 aliphatic carbocycles. The van der Waals surface area contributed by atoms with Crippen LogP contribution >= 0.6 is 11.3 Å². The van der Waals surface area contributed by atoms with Crippen LogP contribution in [-0.4, -0.2) is 42.7 Å². The van der Waals surface area contributed by atoms with Crippen LogP contribution in [0.1, 0.15) is 16.5 Å². The van der Waals surface area contributed by atoms with E-state index < -0.39 is 11.7 Å². The summed E-state index contributed by atoms with van der Waals surface area (Å²) >= 11 is 1.64. The number of aromatic nitrogens is 1. The molecular weight excluding hydrogens is 339 g/mol. The average molecular weight is 357 g/mol. The van der Waals surface area contributed by atoms with E-state index in [1.807, 2.05) is 17.5 Å². The first-order chi connectivity index (χ1) is 11.5. The zero-order chi connectivity index (χ0) is 17.0. The Labute approximate surface area is 142 Å². The van der Waals surface area contributed by atoms with Crippen molar-refractivity contribution >= 4 is 17.2 Å². The largest absolute Gasteiger partial charge is 0.416 e. The van der Waals surface area contributed by atoms with Gasteiger partial charge < -0.3 is 10.1 Å². The molecule has 2 aromatic rings. The van der Waals surface area contributed by atoms with Crippen LogP contribution in [0, 0.1) is 0 Å². The average Bonchev–Trinajstić information content (AvgIpc) is 3.10. The summed E-state index contributed by atoms with van der Waals surface area (Å²) in [6.07, 6.45) is -3.18. The van der Waals surface area contributed by atoms with Crippen molar-refractivity contribution in [2.75, 3.05) is 38.2 Å². The van der Waals surface area contributed by atoms with Crippen LogP contribution in [0.5, 0.6) is 0 Å². The third kappa shape index (κ3) is 4.25. The molecule has 3 rings (SSSR count). The van der Waals surface area contributed by atoms with Crippen LogP contribution in [0.25, 0.3) is 0 Å². The number of halogens is 3. The summed E-state index contributed by atoms with van der Waals surface area (Å²) in [5.74, 6) is 0.236. The number of morpholine rings is 1. The fourth-order valence-electron chi connectivity index (χ4n) is 2.68. The zero-order valence-corrected chi connectivity index (χ0v) is 13.7. The summed E-state index contributed by atoms with van der Waals surface area (Å²) < 4.78 is 43.8. The molecule has 1 unspecified atom stereocenters. The molecule has 1 saturated heterocycles. The highest BCUT2D eigenvalue weighted by Crippen LogP contribution is 2.30. The van der Waals surface area contributed by atoms with E-state index in [2.05, 4.69) is 15.2 Å². The maximum Gasteiger partial charge on any atom is 0.416 e. The van der Waals surface area contributed by atoms with Crippen molar-refractivity contribution in [3.63, 3.8) is 0 Å². The van der Waals surface area contributed by atoms with E-state index in [0.29, 0.717) is 19.8 Å². The van der Waals surface area contributed by atoms with Gasteiger partial charge in [0.2, 0.25) is 0 Å². The molecule has 0 aromatic carbocycles. The van der Waals surface area contributed by atoms with Gasteiger partial charge >= 0.3 is 6.18 Å². The molecule has 1 aliphatic rings. The highest BCUT2D eigenvalue weighted by molar-refractivity contribution is 7.10. The quantitative estimate of drug-likeness (QED) is 0.886. The number of alkyl halides is 3. The van der Waals surface area contributed by atoms with E-state index in [4.69, 9.17) is 4.74 Å². The SMILES string of the molecule is FC(F)(F)c1ccnc(NCC(c2cccs2)N2CCOCC2)c1. The van der Waals surface area contributed by atoms with Crippen molar-refractivity contribution in [2.45, 2.75) is 12.2 Å². The Morgan fingerprint density at radius 1 is 1.29 bits per heavy atom. The monoisotopic (exact) mass is 357 g/mol. The second kappa shape index (κ2) is 7.50. The lowest BCUT2D eigenvalue weighted by Crippen LogP contribution is -2.41. The second-order valence-electron chi connectivity index (χ2n) is 5.49. The van der Waals surface area contributed by atoms with Gasteiger partial charge in [0, 0.05) is 30.7 Å². The minimum Gasteiger partial charge on any atom is -0.379 e. The van der Waals surface area contributed by atoms with Gasteiger partial charge in [-0.05, 0) is 23.6 Å². The summed E-state index contributed by atoms with van der Waals surface area (Å²) in [4.78, 5) is 7.47. The van der Waals surface area contributed by atoms with Gasteiger partial charge in [0.05, 0.1) is 24.8 Å². The zero-order valence-electron chi connectivity index (χ0n) is 12.9. The molecule has 130 valence electrons. The maximum absolute atomic E-state index is 12.8. The van der Waals surface area contributed by atoms with Gasteiger partial charge in [-0.2, -0.15) is 13.2 Å². The Bertz CT molecular complexity index is 642. The van der Waals surface area contributed by atoms with Gasteiger partial charge in [0.25, 0.3) is 0 Å². The van der Waals surface area contributed by atoms with Gasteiger partial charge in [-0.3, -0.25) is 4.90 Å². The fraction of sp³-hybridized carbons (Fsp3) is 0.438. The van der Waals surface area contributed by atoms with Gasteiger partial charge in [0.1, 0.15) is 5.82 Å². The van der Waals surface area contributed by atoms with Crippen LogP contribution in [-0.2, 0) is 10.9 Å². The molecule has 8 heteroatoms. The Morgan fingerprint density at radius 3 is 2.75 bits per heavy atom. The molecule has 0 radical (unpaired) electrons. The highest BCUT2D eigenvalue weighted by atomic mass is 32.1. The Hall–Kier alpha value is -1.64. The molecule has 2 aromatic heterocycles. The number of nitrogens with zero attached hydrogens (tertiary/aromatic N) is 2. The number of pyridine rings is 1. The Balaban J connectivity index is 1.72. The van der Waals surface area contributed by atoms with Crippen molar-refractivity contribution in [1.29, 1.82) is 0 Å². The van der Waals surface area contributed by atoms with Crippen molar-refractivity contribution in [3.8, 4) is 0 Å². The summed E-state index contributed by atoms with van der Waals surface area (Å²) in [5.41, 5.74) is -0.695. The van der Waals surface area contributed by atoms with E-state index in [0.717, 1.165) is 25.2 Å². The van der Waals surface area contributed by atoms with Gasteiger partial charge in [-0.15, -0.1) is 11.3 Å². The first kappa shape index (κ1) is 17.2. The molecule has 3 heterocycles. The second-order valence-corrected chi connectivity index (χ2v) is 6.47. The normalized spacial score (nSPS) is 17.6. The number of hydrogen-bond donors (Lipinski definition) is 1. The Morgan fingerprint density at radius 2 is 2.08 bits per heavy atom. The van der Waals surface area contributed by atoms with E-state index >= 15 is 0 Å². The molecule has 4 nitrogen and oxygen atoms in total. The minimum atomic E-state index is -4.36. The first-order valence-electron chi connectivity index (χ1n) is 7.66. The van der Waals surface area contributed by atoms with E-state index in [9.17, 15) is 13.2 Å². The van der Waals surface area contributed by atoms with Crippen molar-refractivity contribution in [1.82, 2.24) is 9.88 Å². The molecular formula is C16H18F3N3OS. The van der Waals surface area contributed by atoms with Crippen LogP contribution in [0.3, 0.4) is 0 Å². The third-order valence-corrected chi connectivity index (χ3v) is 4.90. The van der Waals surface area contributed by atoms with E-state index in [-0.39, 0.29) is 11.9 Å². The molecule has 24 heavy (non-hydrogen) atoms. The predicted octanol–water partition coefficient (Wildman–Crippen LogP) is 3.65. The van der Waals surface area contributed by atoms with Crippen LogP contribution < -0.4 is 5.32 Å². The molecule has 1 aliphatic heterocycles. The summed E-state index contributed by atoms with van der Waals surface area (Å²) in [7, 11) is 0. The van der Waals surface area contributed by atoms with Crippen molar-refractivity contribution in [3.05, 3.63) is 46.3 Å². The molecule has 0 spiro atoms. The lowest BCUT2D eigenvalue weighted by Gasteiger charge is -2.34. The predicted molar refractivity (Wildman–Crippen MR) is 87.2 cm³/mol. The number of anilines is 1. The molecule has 1 fully saturated rings. The Kier molecular flexibility index (Phi) is 5.37. The molecule has 1 atom stereocenters. The molecule has 0 amide bonds. The lowest BCUT2D eigenvalue weighted by atomic mass is 10.2. The third-order valence-electron chi connectivity index (χ3n) is 3.92. The molecule has 0 bridgehead atoms. The highest BCUT2D eigenvalue weighted by Gasteiger charge is 2.31. The lowest BCUT2D eigenvalue weighted by molar-refractivity contribution is -0.137. The van der Waals surface area contributed by atoms with Gasteiger partial charge in [-0.25, -0.2) is 4.98 Å². The van der Waals surface area contributed by atoms with Gasteiger partial charge in [0.15, 0.2) is 0 Å². The topological polar surface area (TPSA) is 37.4 Å². The van der Waals surface area contributed by atoms with Gasteiger partial charge in [-0.1, -0.05) is 6.07 Å². The standard InChI is InChI=1S/C16H18F3N3OS/c17-16(18,19)12-3-4-20-15(10-12)21-11-13(14-2-1-9-24-14)22-5-7-23-8-6-22/h1-4,9-10,13H,5-8,11H2,(H,20,21). The first-order valence-corrected chi connectivity index (χ1v) is 8.54. The van der Waals surface area contributed by atoms with Crippen LogP contribution in [0.2, 0.25) is 0 Å². The van der Waals surface area contributed by atoms with Crippen molar-refractivity contribution < 1.29 is 17.9 Å². The fourth-order valence-corrected chi connectivity index (χ4v) is 3.55. The van der Waals surface area contributed by atoms with E-state index in [1.54, 1.807) is 11.3 Å². The maximum atomic E-state index is 12.8. The number of rotatable bonds is 5. The molecule has 1 N–H and O–H groups in total. The van der Waals surface area contributed by atoms with Crippen LogP contribution in [0.15, 0.2) is 35.8 Å². The number of ether oxygens (including phenoxy) is 1. The van der Waals surface area contributed by atoms with E-state index in [1.165, 1.54) is 11.1 Å². The number of thiophene rings is 1. The van der Waals surface area contributed by atoms with Crippen molar-refractivity contribution in [2.24, 2.45) is 0 Å². The molecule has 0 saturated carbocycles. The smallest absolute Gasteiger partial charge is 0.379 e. The van der Waals surface area contributed by atoms with Crippen LogP contribution in [0.4, 0.5) is 19.0 Å². The summed E-state index contributed by atoms with van der Waals surface area (Å²) in [6, 6.07) is 6.14. The summed E-state index contributed by atoms with van der Waals surface area (Å²) in [6.45, 7) is 3.45. The summed E-state index contributed by atoms with van der Waals surface area (Å²) in [5, 5.41) is 5.06. The minimum absolute atomic E-state index is 0.0882. The number of hydrogen-bond acceptors (Lipinski definition) is 5. The number of nitrogens with one attached hydrogen (secondary N) is 1.